The van der Waals surface area contributed by atoms with E-state index in [1.807, 2.05) is 13.1 Å². The van der Waals surface area contributed by atoms with Gasteiger partial charge in [-0.15, -0.1) is 5.10 Å². The van der Waals surface area contributed by atoms with Crippen LogP contribution in [0.5, 0.6) is 0 Å². The molecule has 0 spiro atoms. The van der Waals surface area contributed by atoms with Crippen LogP contribution in [0, 0.1) is 3.70 Å². The highest BCUT2D eigenvalue weighted by Gasteiger charge is 1.93. The fourth-order valence-corrected chi connectivity index (χ4v) is 0.941. The molecule has 0 fully saturated rings. The van der Waals surface area contributed by atoms with Crippen LogP contribution in [0.1, 0.15) is 6.92 Å². The molecule has 10 heavy (non-hydrogen) atoms. The zero-order valence-corrected chi connectivity index (χ0v) is 7.78. The number of rotatable bonds is 3. The second-order valence-electron chi connectivity index (χ2n) is 1.70. The zero-order chi connectivity index (χ0) is 7.40. The molecule has 0 saturated heterocycles. The molecular formula is C5H8IN3O. The fraction of sp³-hybridized carbons (Fsp3) is 0.600. The molecular weight excluding hydrogens is 245 g/mol. The molecule has 0 radical (unpaired) electrons. The Morgan fingerprint density at radius 3 is 3.10 bits per heavy atom. The van der Waals surface area contributed by atoms with Crippen molar-refractivity contribution in [1.29, 1.82) is 0 Å². The summed E-state index contributed by atoms with van der Waals surface area (Å²) in [6.07, 6.45) is 1.83. The Labute approximate surface area is 72.7 Å². The summed E-state index contributed by atoms with van der Waals surface area (Å²) in [5.41, 5.74) is 0. The molecule has 0 atom stereocenters. The maximum atomic E-state index is 5.09. The highest BCUT2D eigenvalue weighted by molar-refractivity contribution is 14.1. The average molecular weight is 253 g/mol. The van der Waals surface area contributed by atoms with E-state index in [0.717, 1.165) is 3.70 Å². The van der Waals surface area contributed by atoms with Gasteiger partial charge in [0.25, 0.3) is 0 Å². The zero-order valence-electron chi connectivity index (χ0n) is 5.62. The minimum atomic E-state index is 0.493. The van der Waals surface area contributed by atoms with Gasteiger partial charge in [0.2, 0.25) is 0 Å². The summed E-state index contributed by atoms with van der Waals surface area (Å²) in [6, 6.07) is 0. The van der Waals surface area contributed by atoms with E-state index in [4.69, 9.17) is 4.74 Å². The van der Waals surface area contributed by atoms with Crippen LogP contribution in [0.4, 0.5) is 0 Å². The number of aromatic nitrogens is 3. The summed E-state index contributed by atoms with van der Waals surface area (Å²) >= 11 is 2.10. The van der Waals surface area contributed by atoms with Crippen molar-refractivity contribution >= 4 is 22.6 Å². The molecule has 0 saturated carbocycles. The standard InChI is InChI=1S/C5H8IN3O/c1-2-10-4-9-3-5(6)7-8-9/h3H,2,4H2,1H3. The van der Waals surface area contributed by atoms with Crippen molar-refractivity contribution in [3.63, 3.8) is 0 Å². The van der Waals surface area contributed by atoms with Crippen molar-refractivity contribution in [3.05, 3.63) is 9.90 Å². The van der Waals surface area contributed by atoms with E-state index in [-0.39, 0.29) is 0 Å². The second kappa shape index (κ2) is 3.87. The lowest BCUT2D eigenvalue weighted by molar-refractivity contribution is 0.0778. The van der Waals surface area contributed by atoms with E-state index in [0.29, 0.717) is 13.3 Å². The molecule has 1 heterocycles. The molecule has 4 nitrogen and oxygen atoms in total. The van der Waals surface area contributed by atoms with Gasteiger partial charge in [-0.05, 0) is 29.5 Å². The summed E-state index contributed by atoms with van der Waals surface area (Å²) in [5.74, 6) is 0. The van der Waals surface area contributed by atoms with E-state index >= 15 is 0 Å². The molecule has 0 aliphatic heterocycles. The molecule has 1 rings (SSSR count). The maximum Gasteiger partial charge on any atom is 0.143 e. The quantitative estimate of drug-likeness (QED) is 0.750. The molecule has 1 aromatic heterocycles. The minimum absolute atomic E-state index is 0.493. The Morgan fingerprint density at radius 2 is 2.60 bits per heavy atom. The molecule has 0 aliphatic carbocycles. The molecule has 1 aromatic rings. The van der Waals surface area contributed by atoms with Gasteiger partial charge < -0.3 is 4.74 Å². The third-order valence-electron chi connectivity index (χ3n) is 0.938. The van der Waals surface area contributed by atoms with Crippen molar-refractivity contribution in [2.75, 3.05) is 6.61 Å². The lowest BCUT2D eigenvalue weighted by Gasteiger charge is -1.97. The van der Waals surface area contributed by atoms with E-state index in [1.165, 1.54) is 0 Å². The second-order valence-corrected chi connectivity index (χ2v) is 2.81. The van der Waals surface area contributed by atoms with Crippen LogP contribution in [0.3, 0.4) is 0 Å². The van der Waals surface area contributed by atoms with Crippen LogP contribution >= 0.6 is 22.6 Å². The SMILES string of the molecule is CCOCn1cc(I)nn1. The first-order chi connectivity index (χ1) is 4.83. The van der Waals surface area contributed by atoms with Crippen LogP contribution in [0.25, 0.3) is 0 Å². The monoisotopic (exact) mass is 253 g/mol. The van der Waals surface area contributed by atoms with Gasteiger partial charge >= 0.3 is 0 Å². The summed E-state index contributed by atoms with van der Waals surface area (Å²) < 4.78 is 7.63. The molecule has 0 aromatic carbocycles. The Hall–Kier alpha value is -0.170. The molecule has 5 heteroatoms. The molecule has 0 N–H and O–H groups in total. The van der Waals surface area contributed by atoms with E-state index < -0.39 is 0 Å². The third-order valence-corrected chi connectivity index (χ3v) is 1.43. The summed E-state index contributed by atoms with van der Waals surface area (Å²) in [6.45, 7) is 3.14. The molecule has 0 bridgehead atoms. The van der Waals surface area contributed by atoms with Gasteiger partial charge in [0.05, 0.1) is 6.20 Å². The lowest BCUT2D eigenvalue weighted by atomic mass is 10.8. The predicted molar refractivity (Wildman–Crippen MR) is 44.4 cm³/mol. The van der Waals surface area contributed by atoms with Crippen LogP contribution in [-0.4, -0.2) is 21.6 Å². The lowest BCUT2D eigenvalue weighted by Crippen LogP contribution is -2.02. The number of halogens is 1. The van der Waals surface area contributed by atoms with Gasteiger partial charge in [0, 0.05) is 6.61 Å². The van der Waals surface area contributed by atoms with Gasteiger partial charge in [-0.1, -0.05) is 5.21 Å². The van der Waals surface area contributed by atoms with Crippen LogP contribution in [0.2, 0.25) is 0 Å². The third kappa shape index (κ3) is 2.22. The van der Waals surface area contributed by atoms with Crippen molar-refractivity contribution in [2.45, 2.75) is 13.7 Å². The van der Waals surface area contributed by atoms with Crippen molar-refractivity contribution in [3.8, 4) is 0 Å². The topological polar surface area (TPSA) is 39.9 Å². The summed E-state index contributed by atoms with van der Waals surface area (Å²) in [5, 5.41) is 7.58. The minimum Gasteiger partial charge on any atom is -0.359 e. The fourth-order valence-electron chi connectivity index (χ4n) is 0.523. The van der Waals surface area contributed by atoms with Gasteiger partial charge in [0.15, 0.2) is 0 Å². The van der Waals surface area contributed by atoms with Gasteiger partial charge in [0.1, 0.15) is 10.4 Å². The molecule has 0 amide bonds. The number of ether oxygens (including phenoxy) is 1. The van der Waals surface area contributed by atoms with Crippen molar-refractivity contribution in [1.82, 2.24) is 15.0 Å². The Morgan fingerprint density at radius 1 is 1.80 bits per heavy atom. The highest BCUT2D eigenvalue weighted by atomic mass is 127. The number of hydrogen-bond acceptors (Lipinski definition) is 3. The highest BCUT2D eigenvalue weighted by Crippen LogP contribution is 1.96. The van der Waals surface area contributed by atoms with Gasteiger partial charge in [-0.3, -0.25) is 0 Å². The van der Waals surface area contributed by atoms with Crippen molar-refractivity contribution in [2.24, 2.45) is 0 Å². The largest absolute Gasteiger partial charge is 0.359 e. The smallest absolute Gasteiger partial charge is 0.143 e. The van der Waals surface area contributed by atoms with Gasteiger partial charge in [-0.2, -0.15) is 0 Å². The molecule has 56 valence electrons. The first-order valence-corrected chi connectivity index (χ1v) is 4.04. The summed E-state index contributed by atoms with van der Waals surface area (Å²) in [7, 11) is 0. The number of hydrogen-bond donors (Lipinski definition) is 0. The van der Waals surface area contributed by atoms with Crippen LogP contribution in [-0.2, 0) is 11.5 Å². The van der Waals surface area contributed by atoms with Gasteiger partial charge in [-0.25, -0.2) is 4.68 Å². The first-order valence-electron chi connectivity index (χ1n) is 2.96. The molecule has 0 aliphatic rings. The molecule has 0 unspecified atom stereocenters. The van der Waals surface area contributed by atoms with E-state index in [2.05, 4.69) is 32.9 Å². The Bertz CT molecular complexity index is 201. The normalized spacial score (nSPS) is 10.2. The maximum absolute atomic E-state index is 5.09. The van der Waals surface area contributed by atoms with Crippen LogP contribution in [0.15, 0.2) is 6.20 Å². The predicted octanol–water partition coefficient (Wildman–Crippen LogP) is 0.877. The Balaban J connectivity index is 2.42. The number of nitrogens with zero attached hydrogens (tertiary/aromatic N) is 3. The average Bonchev–Trinajstić information content (AvgIpc) is 2.31. The Kier molecular flexibility index (Phi) is 3.07. The van der Waals surface area contributed by atoms with E-state index in [9.17, 15) is 0 Å². The summed E-state index contributed by atoms with van der Waals surface area (Å²) in [4.78, 5) is 0. The van der Waals surface area contributed by atoms with Crippen LogP contribution < -0.4 is 0 Å². The van der Waals surface area contributed by atoms with Crippen molar-refractivity contribution < 1.29 is 4.74 Å². The first kappa shape index (κ1) is 7.93. The van der Waals surface area contributed by atoms with E-state index in [1.54, 1.807) is 4.68 Å².